The molecule has 0 aromatic heterocycles. The molecule has 1 atom stereocenters. The number of nitrogens with one attached hydrogen (secondary N) is 1. The number of benzene rings is 1. The Morgan fingerprint density at radius 3 is 2.64 bits per heavy atom. The lowest BCUT2D eigenvalue weighted by Gasteiger charge is -2.33. The molecule has 1 aliphatic rings. The van der Waals surface area contributed by atoms with Crippen LogP contribution in [0.3, 0.4) is 0 Å². The summed E-state index contributed by atoms with van der Waals surface area (Å²) in [7, 11) is 3.36. The summed E-state index contributed by atoms with van der Waals surface area (Å²) in [5.41, 5.74) is 4.19. The van der Waals surface area contributed by atoms with Crippen LogP contribution in [0, 0.1) is 5.92 Å². The molecule has 22 heavy (non-hydrogen) atoms. The van der Waals surface area contributed by atoms with Gasteiger partial charge in [0.2, 0.25) is 0 Å². The monoisotopic (exact) mass is 308 g/mol. The second-order valence-electron chi connectivity index (χ2n) is 5.85. The summed E-state index contributed by atoms with van der Waals surface area (Å²) in [5.74, 6) is 7.97. The van der Waals surface area contributed by atoms with Crippen molar-refractivity contribution in [2.75, 3.05) is 27.4 Å². The van der Waals surface area contributed by atoms with Crippen molar-refractivity contribution in [3.8, 4) is 11.5 Å². The van der Waals surface area contributed by atoms with Gasteiger partial charge in [-0.2, -0.15) is 0 Å². The Balaban J connectivity index is 1.98. The molecule has 1 fully saturated rings. The van der Waals surface area contributed by atoms with Gasteiger partial charge in [-0.25, -0.2) is 0 Å². The number of hydrogen-bond acceptors (Lipinski definition) is 5. The van der Waals surface area contributed by atoms with Gasteiger partial charge in [-0.05, 0) is 42.9 Å². The minimum Gasteiger partial charge on any atom is -0.493 e. The Labute approximate surface area is 133 Å². The molecule has 1 aromatic rings. The summed E-state index contributed by atoms with van der Waals surface area (Å²) >= 11 is 0. The molecule has 0 aliphatic heterocycles. The number of nitrogens with two attached hydrogens (primary N) is 1. The lowest BCUT2D eigenvalue weighted by molar-refractivity contribution is 0.170. The maximum atomic E-state index is 5.83. The summed E-state index contributed by atoms with van der Waals surface area (Å²) in [6, 6.07) is 6.46. The highest BCUT2D eigenvalue weighted by Crippen LogP contribution is 2.33. The number of hydrogen-bond donors (Lipinski definition) is 2. The van der Waals surface area contributed by atoms with Crippen molar-refractivity contribution in [2.24, 2.45) is 11.8 Å². The second kappa shape index (κ2) is 8.98. The Morgan fingerprint density at radius 1 is 1.23 bits per heavy atom. The maximum absolute atomic E-state index is 5.83. The molecule has 0 amide bonds. The predicted octanol–water partition coefficient (Wildman–Crippen LogP) is 2.29. The van der Waals surface area contributed by atoms with Crippen molar-refractivity contribution in [1.82, 2.24) is 5.43 Å². The molecule has 3 N–H and O–H groups in total. The quantitative estimate of drug-likeness (QED) is 0.394. The molecule has 124 valence electrons. The smallest absolute Gasteiger partial charge is 0.161 e. The van der Waals surface area contributed by atoms with Gasteiger partial charge in [0.25, 0.3) is 0 Å². The van der Waals surface area contributed by atoms with E-state index in [2.05, 4.69) is 17.6 Å². The first-order valence-corrected chi connectivity index (χ1v) is 8.03. The van der Waals surface area contributed by atoms with E-state index in [-0.39, 0.29) is 0 Å². The lowest BCUT2D eigenvalue weighted by Crippen LogP contribution is -2.44. The molecule has 1 aliphatic carbocycles. The molecule has 1 saturated carbocycles. The molecule has 0 saturated heterocycles. The molecule has 0 radical (unpaired) electrons. The van der Waals surface area contributed by atoms with Gasteiger partial charge in [-0.1, -0.05) is 12.5 Å². The van der Waals surface area contributed by atoms with Crippen LogP contribution >= 0.6 is 0 Å². The van der Waals surface area contributed by atoms with Gasteiger partial charge in [0, 0.05) is 26.2 Å². The van der Waals surface area contributed by atoms with E-state index < -0.39 is 0 Å². The van der Waals surface area contributed by atoms with Crippen LogP contribution in [0.4, 0.5) is 0 Å². The fraction of sp³-hybridized carbons (Fsp3) is 0.647. The minimum atomic E-state index is 0.337. The zero-order valence-corrected chi connectivity index (χ0v) is 13.6. The topological polar surface area (TPSA) is 65.7 Å². The van der Waals surface area contributed by atoms with Crippen molar-refractivity contribution in [1.29, 1.82) is 0 Å². The van der Waals surface area contributed by atoms with Crippen molar-refractivity contribution in [3.05, 3.63) is 23.8 Å². The molecular formula is C17H28N2O3. The first-order chi connectivity index (χ1) is 10.8. The van der Waals surface area contributed by atoms with Crippen LogP contribution in [0.5, 0.6) is 11.5 Å². The average Bonchev–Trinajstić information content (AvgIpc) is 2.49. The second-order valence-corrected chi connectivity index (χ2v) is 5.85. The van der Waals surface area contributed by atoms with Crippen molar-refractivity contribution < 1.29 is 14.2 Å². The Bertz CT molecular complexity index is 450. The number of ether oxygens (including phenoxy) is 3. The molecule has 0 bridgehead atoms. The predicted molar refractivity (Wildman–Crippen MR) is 87.1 cm³/mol. The summed E-state index contributed by atoms with van der Waals surface area (Å²) in [6.45, 7) is 1.32. The van der Waals surface area contributed by atoms with E-state index in [1.165, 1.54) is 24.8 Å². The fourth-order valence-corrected chi connectivity index (χ4v) is 2.80. The third kappa shape index (κ3) is 4.60. The van der Waals surface area contributed by atoms with Gasteiger partial charge in [0.15, 0.2) is 11.5 Å². The largest absolute Gasteiger partial charge is 0.493 e. The fourth-order valence-electron chi connectivity index (χ4n) is 2.80. The van der Waals surface area contributed by atoms with Gasteiger partial charge in [-0.3, -0.25) is 11.3 Å². The van der Waals surface area contributed by atoms with Gasteiger partial charge >= 0.3 is 0 Å². The molecule has 1 unspecified atom stereocenters. The molecule has 5 nitrogen and oxygen atoms in total. The van der Waals surface area contributed by atoms with Gasteiger partial charge in [-0.15, -0.1) is 0 Å². The van der Waals surface area contributed by atoms with E-state index in [4.69, 9.17) is 20.1 Å². The van der Waals surface area contributed by atoms with E-state index in [0.717, 1.165) is 24.3 Å². The zero-order valence-electron chi connectivity index (χ0n) is 13.6. The average molecular weight is 308 g/mol. The normalized spacial score (nSPS) is 16.1. The molecular weight excluding hydrogens is 280 g/mol. The van der Waals surface area contributed by atoms with E-state index in [1.807, 2.05) is 6.07 Å². The number of methoxy groups -OCH3 is 2. The highest BCUT2D eigenvalue weighted by molar-refractivity contribution is 5.43. The molecule has 2 rings (SSSR count). The van der Waals surface area contributed by atoms with Crippen LogP contribution in [-0.2, 0) is 11.2 Å². The molecule has 1 aromatic carbocycles. The van der Waals surface area contributed by atoms with Crippen LogP contribution in [0.15, 0.2) is 18.2 Å². The summed E-state index contributed by atoms with van der Waals surface area (Å²) in [5, 5.41) is 0. The SMILES string of the molecule is COCCCOc1cc(CC(NN)C2CCC2)ccc1OC. The van der Waals surface area contributed by atoms with Crippen LogP contribution < -0.4 is 20.7 Å². The van der Waals surface area contributed by atoms with Gasteiger partial charge in [0.1, 0.15) is 0 Å². The van der Waals surface area contributed by atoms with E-state index >= 15 is 0 Å². The van der Waals surface area contributed by atoms with Crippen LogP contribution in [0.25, 0.3) is 0 Å². The molecule has 5 heteroatoms. The first-order valence-electron chi connectivity index (χ1n) is 8.03. The third-order valence-corrected chi connectivity index (χ3v) is 4.37. The van der Waals surface area contributed by atoms with E-state index in [9.17, 15) is 0 Å². The molecule has 0 spiro atoms. The summed E-state index contributed by atoms with van der Waals surface area (Å²) in [4.78, 5) is 0. The highest BCUT2D eigenvalue weighted by Gasteiger charge is 2.26. The van der Waals surface area contributed by atoms with E-state index in [0.29, 0.717) is 25.2 Å². The highest BCUT2D eigenvalue weighted by atomic mass is 16.5. The number of rotatable bonds is 10. The van der Waals surface area contributed by atoms with Crippen LogP contribution in [0.2, 0.25) is 0 Å². The summed E-state index contributed by atoms with van der Waals surface area (Å²) < 4.78 is 16.2. The third-order valence-electron chi connectivity index (χ3n) is 4.37. The Kier molecular flexibility index (Phi) is 6.96. The van der Waals surface area contributed by atoms with Crippen LogP contribution in [0.1, 0.15) is 31.2 Å². The Morgan fingerprint density at radius 2 is 2.05 bits per heavy atom. The van der Waals surface area contributed by atoms with Crippen molar-refractivity contribution in [2.45, 2.75) is 38.1 Å². The summed E-state index contributed by atoms with van der Waals surface area (Å²) in [6.07, 6.45) is 5.63. The van der Waals surface area contributed by atoms with Crippen molar-refractivity contribution in [3.63, 3.8) is 0 Å². The van der Waals surface area contributed by atoms with Crippen LogP contribution in [-0.4, -0.2) is 33.5 Å². The standard InChI is InChI=1S/C17H28N2O3/c1-20-9-4-10-22-17-12-13(7-8-16(17)21-2)11-15(19-18)14-5-3-6-14/h7-8,12,14-15,19H,3-6,9-11,18H2,1-2H3. The Hall–Kier alpha value is -1.30. The first kappa shape index (κ1) is 17.1. The minimum absolute atomic E-state index is 0.337. The maximum Gasteiger partial charge on any atom is 0.161 e. The van der Waals surface area contributed by atoms with Gasteiger partial charge < -0.3 is 14.2 Å². The number of hydrazine groups is 1. The van der Waals surface area contributed by atoms with E-state index in [1.54, 1.807) is 14.2 Å². The lowest BCUT2D eigenvalue weighted by atomic mass is 9.78. The molecule has 0 heterocycles. The van der Waals surface area contributed by atoms with Gasteiger partial charge in [0.05, 0.1) is 13.7 Å². The zero-order chi connectivity index (χ0) is 15.8. The van der Waals surface area contributed by atoms with Crippen molar-refractivity contribution >= 4 is 0 Å².